The van der Waals surface area contributed by atoms with E-state index in [0.717, 1.165) is 36.9 Å². The number of rotatable bonds is 4. The van der Waals surface area contributed by atoms with Crippen molar-refractivity contribution in [3.05, 3.63) is 29.3 Å². The van der Waals surface area contributed by atoms with Crippen molar-refractivity contribution in [2.24, 2.45) is 5.41 Å². The molecule has 24 heavy (non-hydrogen) atoms. The normalized spacial score (nSPS) is 16.7. The van der Waals surface area contributed by atoms with Crippen LogP contribution in [0.2, 0.25) is 0 Å². The molecule has 0 heterocycles. The average molecular weight is 330 g/mol. The van der Waals surface area contributed by atoms with Crippen LogP contribution in [-0.4, -0.2) is 17.4 Å². The highest BCUT2D eigenvalue weighted by Gasteiger charge is 2.43. The highest BCUT2D eigenvalue weighted by atomic mass is 16.2. The zero-order valence-electron chi connectivity index (χ0n) is 15.6. The van der Waals surface area contributed by atoms with Gasteiger partial charge in [-0.3, -0.25) is 9.59 Å². The molecule has 0 radical (unpaired) electrons. The Morgan fingerprint density at radius 1 is 1.12 bits per heavy atom. The van der Waals surface area contributed by atoms with E-state index in [2.05, 4.69) is 16.7 Å². The summed E-state index contributed by atoms with van der Waals surface area (Å²) in [5.74, 6) is -0.0591. The van der Waals surface area contributed by atoms with Gasteiger partial charge in [0, 0.05) is 17.6 Å². The third-order valence-electron chi connectivity index (χ3n) is 4.69. The molecule has 0 aromatic heterocycles. The van der Waals surface area contributed by atoms with Crippen LogP contribution in [0, 0.1) is 19.3 Å². The topological polar surface area (TPSA) is 58.2 Å². The molecule has 4 nitrogen and oxygen atoms in total. The van der Waals surface area contributed by atoms with Crippen LogP contribution < -0.4 is 10.6 Å². The lowest BCUT2D eigenvalue weighted by Gasteiger charge is -2.29. The number of hydrogen-bond donors (Lipinski definition) is 2. The molecule has 2 rings (SSSR count). The highest BCUT2D eigenvalue weighted by Crippen LogP contribution is 2.42. The fourth-order valence-electron chi connectivity index (χ4n) is 3.51. The lowest BCUT2D eigenvalue weighted by atomic mass is 9.81. The first-order valence-corrected chi connectivity index (χ1v) is 8.81. The van der Waals surface area contributed by atoms with E-state index in [1.807, 2.05) is 46.8 Å². The number of benzene rings is 1. The summed E-state index contributed by atoms with van der Waals surface area (Å²) in [6.07, 6.45) is 3.83. The molecule has 0 aliphatic heterocycles. The predicted octanol–water partition coefficient (Wildman–Crippen LogP) is 4.11. The summed E-state index contributed by atoms with van der Waals surface area (Å²) >= 11 is 0. The van der Waals surface area contributed by atoms with Crippen LogP contribution in [0.4, 0.5) is 5.69 Å². The second-order valence-corrected chi connectivity index (χ2v) is 8.23. The van der Waals surface area contributed by atoms with E-state index in [1.165, 1.54) is 5.56 Å². The monoisotopic (exact) mass is 330 g/mol. The van der Waals surface area contributed by atoms with E-state index in [-0.39, 0.29) is 23.8 Å². The number of anilines is 1. The first kappa shape index (κ1) is 18.5. The Morgan fingerprint density at radius 3 is 2.29 bits per heavy atom. The SMILES string of the molecule is Cc1ccc(NC(=O)C2(CC(=O)NC(C)(C)C)CCCC2)c(C)c1. The second-order valence-electron chi connectivity index (χ2n) is 8.23. The van der Waals surface area contributed by atoms with Gasteiger partial charge in [-0.05, 0) is 59.1 Å². The number of carbonyl (C=O) groups is 2. The maximum Gasteiger partial charge on any atom is 0.231 e. The Kier molecular flexibility index (Phi) is 5.36. The number of hydrogen-bond acceptors (Lipinski definition) is 2. The van der Waals surface area contributed by atoms with Gasteiger partial charge in [-0.2, -0.15) is 0 Å². The zero-order valence-corrected chi connectivity index (χ0v) is 15.6. The number of carbonyl (C=O) groups excluding carboxylic acids is 2. The van der Waals surface area contributed by atoms with Gasteiger partial charge in [0.15, 0.2) is 0 Å². The van der Waals surface area contributed by atoms with Gasteiger partial charge in [-0.1, -0.05) is 30.5 Å². The third kappa shape index (κ3) is 4.59. The van der Waals surface area contributed by atoms with Crippen molar-refractivity contribution in [2.45, 2.75) is 72.3 Å². The minimum absolute atomic E-state index is 0.0176. The van der Waals surface area contributed by atoms with Gasteiger partial charge < -0.3 is 10.6 Å². The number of aryl methyl sites for hydroxylation is 2. The molecular weight excluding hydrogens is 300 g/mol. The van der Waals surface area contributed by atoms with Crippen LogP contribution in [0.25, 0.3) is 0 Å². The zero-order chi connectivity index (χ0) is 18.0. The number of amides is 2. The Balaban J connectivity index is 2.14. The minimum atomic E-state index is -0.577. The second kappa shape index (κ2) is 6.96. The van der Waals surface area contributed by atoms with Crippen molar-refractivity contribution >= 4 is 17.5 Å². The summed E-state index contributed by atoms with van der Waals surface area (Å²) in [6, 6.07) is 6.00. The van der Waals surface area contributed by atoms with Crippen molar-refractivity contribution in [3.8, 4) is 0 Å². The van der Waals surface area contributed by atoms with Crippen LogP contribution in [0.15, 0.2) is 18.2 Å². The molecule has 1 saturated carbocycles. The van der Waals surface area contributed by atoms with Gasteiger partial charge in [0.1, 0.15) is 0 Å². The first-order valence-electron chi connectivity index (χ1n) is 8.81. The molecule has 0 saturated heterocycles. The standard InChI is InChI=1S/C20H30N2O2/c1-14-8-9-16(15(2)12-14)21-18(24)20(10-6-7-11-20)13-17(23)22-19(3,4)5/h8-9,12H,6-7,10-11,13H2,1-5H3,(H,21,24)(H,22,23). The number of nitrogens with one attached hydrogen (secondary N) is 2. The molecule has 1 fully saturated rings. The Hall–Kier alpha value is -1.84. The molecular formula is C20H30N2O2. The lowest BCUT2D eigenvalue weighted by Crippen LogP contribution is -2.45. The van der Waals surface area contributed by atoms with Crippen molar-refractivity contribution in [1.29, 1.82) is 0 Å². The molecule has 1 aliphatic rings. The first-order chi connectivity index (χ1) is 11.1. The summed E-state index contributed by atoms with van der Waals surface area (Å²) in [5, 5.41) is 6.06. The predicted molar refractivity (Wildman–Crippen MR) is 98.0 cm³/mol. The Morgan fingerprint density at radius 2 is 1.75 bits per heavy atom. The molecule has 0 atom stereocenters. The van der Waals surface area contributed by atoms with Gasteiger partial charge in [-0.15, -0.1) is 0 Å². The average Bonchev–Trinajstić information content (AvgIpc) is 2.89. The van der Waals surface area contributed by atoms with Crippen LogP contribution in [0.3, 0.4) is 0 Å². The van der Waals surface area contributed by atoms with E-state index >= 15 is 0 Å². The molecule has 0 spiro atoms. The summed E-state index contributed by atoms with van der Waals surface area (Å²) in [5.41, 5.74) is 2.21. The van der Waals surface area contributed by atoms with E-state index in [1.54, 1.807) is 0 Å². The fraction of sp³-hybridized carbons (Fsp3) is 0.600. The molecule has 2 N–H and O–H groups in total. The van der Waals surface area contributed by atoms with Crippen molar-refractivity contribution in [3.63, 3.8) is 0 Å². The van der Waals surface area contributed by atoms with Crippen molar-refractivity contribution in [2.75, 3.05) is 5.32 Å². The van der Waals surface area contributed by atoms with E-state index in [4.69, 9.17) is 0 Å². The van der Waals surface area contributed by atoms with Crippen LogP contribution in [0.1, 0.15) is 64.0 Å². The molecule has 1 aliphatic carbocycles. The lowest BCUT2D eigenvalue weighted by molar-refractivity contribution is -0.133. The molecule has 2 amide bonds. The minimum Gasteiger partial charge on any atom is -0.351 e. The van der Waals surface area contributed by atoms with Gasteiger partial charge in [-0.25, -0.2) is 0 Å². The summed E-state index contributed by atoms with van der Waals surface area (Å²) in [7, 11) is 0. The van der Waals surface area contributed by atoms with Crippen LogP contribution >= 0.6 is 0 Å². The van der Waals surface area contributed by atoms with Gasteiger partial charge in [0.2, 0.25) is 11.8 Å². The van der Waals surface area contributed by atoms with Gasteiger partial charge in [0.25, 0.3) is 0 Å². The molecule has 0 bridgehead atoms. The van der Waals surface area contributed by atoms with E-state index in [9.17, 15) is 9.59 Å². The highest BCUT2D eigenvalue weighted by molar-refractivity contribution is 5.98. The smallest absolute Gasteiger partial charge is 0.231 e. The molecule has 1 aromatic carbocycles. The quantitative estimate of drug-likeness (QED) is 0.873. The molecule has 1 aromatic rings. The van der Waals surface area contributed by atoms with E-state index in [0.29, 0.717) is 0 Å². The molecule has 4 heteroatoms. The Labute approximate surface area is 145 Å². The van der Waals surface area contributed by atoms with Crippen LogP contribution in [-0.2, 0) is 9.59 Å². The van der Waals surface area contributed by atoms with Gasteiger partial charge >= 0.3 is 0 Å². The van der Waals surface area contributed by atoms with Crippen LogP contribution in [0.5, 0.6) is 0 Å². The van der Waals surface area contributed by atoms with Crippen molar-refractivity contribution < 1.29 is 9.59 Å². The molecule has 132 valence electrons. The maximum atomic E-state index is 13.0. The largest absolute Gasteiger partial charge is 0.351 e. The van der Waals surface area contributed by atoms with Gasteiger partial charge in [0.05, 0.1) is 5.41 Å². The fourth-order valence-corrected chi connectivity index (χ4v) is 3.51. The van der Waals surface area contributed by atoms with E-state index < -0.39 is 5.41 Å². The summed E-state index contributed by atoms with van der Waals surface area (Å²) in [6.45, 7) is 9.91. The maximum absolute atomic E-state index is 13.0. The summed E-state index contributed by atoms with van der Waals surface area (Å²) in [4.78, 5) is 25.4. The third-order valence-corrected chi connectivity index (χ3v) is 4.69. The summed E-state index contributed by atoms with van der Waals surface area (Å²) < 4.78 is 0. The van der Waals surface area contributed by atoms with Crippen molar-refractivity contribution in [1.82, 2.24) is 5.32 Å². The Bertz CT molecular complexity index is 623. The molecule has 0 unspecified atom stereocenters.